The third-order valence-corrected chi connectivity index (χ3v) is 4.29. The lowest BCUT2D eigenvalue weighted by Gasteiger charge is -2.26. The Hall–Kier alpha value is -3.04. The number of carbonyl (C=O) groups is 1. The molecule has 26 heavy (non-hydrogen) atoms. The van der Waals surface area contributed by atoms with Crippen LogP contribution in [0.3, 0.4) is 0 Å². The van der Waals surface area contributed by atoms with E-state index in [0.29, 0.717) is 12.8 Å². The molecule has 0 spiro atoms. The van der Waals surface area contributed by atoms with Crippen LogP contribution in [0.4, 0.5) is 14.5 Å². The van der Waals surface area contributed by atoms with Crippen molar-refractivity contribution >= 4 is 11.6 Å². The van der Waals surface area contributed by atoms with Gasteiger partial charge in [0.05, 0.1) is 11.0 Å². The number of aromatic nitrogens is 2. The van der Waals surface area contributed by atoms with Crippen LogP contribution in [0.5, 0.6) is 5.75 Å². The molecule has 3 rings (SSSR count). The Labute approximate surface area is 146 Å². The first-order valence-electron chi connectivity index (χ1n) is 7.91. The van der Waals surface area contributed by atoms with Gasteiger partial charge in [-0.1, -0.05) is 6.07 Å². The first-order chi connectivity index (χ1) is 12.4. The number of nitro groups is 1. The van der Waals surface area contributed by atoms with E-state index in [1.165, 1.54) is 19.2 Å². The fourth-order valence-corrected chi connectivity index (χ4v) is 3.17. The van der Waals surface area contributed by atoms with Crippen molar-refractivity contribution in [2.45, 2.75) is 31.9 Å². The van der Waals surface area contributed by atoms with Crippen LogP contribution in [0.25, 0.3) is 0 Å². The molecule has 1 aromatic heterocycles. The van der Waals surface area contributed by atoms with Gasteiger partial charge >= 0.3 is 12.3 Å². The highest BCUT2D eigenvalue weighted by Crippen LogP contribution is 2.33. The molecule has 1 aliphatic rings. The van der Waals surface area contributed by atoms with Gasteiger partial charge in [-0.3, -0.25) is 19.6 Å². The highest BCUT2D eigenvalue weighted by Gasteiger charge is 2.29. The number of hydrogen-bond acceptors (Lipinski definition) is 5. The summed E-state index contributed by atoms with van der Waals surface area (Å²) in [5.74, 6) is -0.546. The second-order valence-corrected chi connectivity index (χ2v) is 5.92. The first-order valence-corrected chi connectivity index (χ1v) is 7.91. The van der Waals surface area contributed by atoms with Crippen LogP contribution in [0.2, 0.25) is 0 Å². The molecule has 0 aliphatic heterocycles. The Morgan fingerprint density at radius 1 is 1.50 bits per heavy atom. The third kappa shape index (κ3) is 3.48. The highest BCUT2D eigenvalue weighted by molar-refractivity contribution is 5.96. The molecule has 0 bridgehead atoms. The molecular weight excluding hydrogens is 350 g/mol. The Balaban J connectivity index is 1.83. The summed E-state index contributed by atoms with van der Waals surface area (Å²) < 4.78 is 30.3. The van der Waals surface area contributed by atoms with Gasteiger partial charge in [0.25, 0.3) is 5.91 Å². The fourth-order valence-electron chi connectivity index (χ4n) is 3.17. The molecule has 1 heterocycles. The van der Waals surface area contributed by atoms with E-state index < -0.39 is 17.4 Å². The molecule has 10 heteroatoms. The molecule has 1 aromatic carbocycles. The average molecular weight is 366 g/mol. The third-order valence-electron chi connectivity index (χ3n) is 4.29. The molecular formula is C16H16F2N4O4. The summed E-state index contributed by atoms with van der Waals surface area (Å²) in [7, 11) is 1.45. The summed E-state index contributed by atoms with van der Waals surface area (Å²) in [5.41, 5.74) is 1.08. The molecule has 0 fully saturated rings. The Kier molecular flexibility index (Phi) is 4.83. The van der Waals surface area contributed by atoms with E-state index in [0.717, 1.165) is 28.4 Å². The quantitative estimate of drug-likeness (QED) is 0.648. The van der Waals surface area contributed by atoms with E-state index in [-0.39, 0.29) is 23.2 Å². The van der Waals surface area contributed by atoms with Crippen LogP contribution in [-0.2, 0) is 13.5 Å². The van der Waals surface area contributed by atoms with Crippen molar-refractivity contribution in [1.29, 1.82) is 0 Å². The minimum absolute atomic E-state index is 0.0630. The molecule has 1 N–H and O–H groups in total. The molecule has 1 unspecified atom stereocenters. The summed E-state index contributed by atoms with van der Waals surface area (Å²) >= 11 is 0. The average Bonchev–Trinajstić information content (AvgIpc) is 2.96. The lowest BCUT2D eigenvalue weighted by Crippen LogP contribution is -2.32. The van der Waals surface area contributed by atoms with E-state index in [2.05, 4.69) is 15.2 Å². The molecule has 1 aliphatic carbocycles. The van der Waals surface area contributed by atoms with Crippen molar-refractivity contribution in [2.24, 2.45) is 7.05 Å². The van der Waals surface area contributed by atoms with Crippen molar-refractivity contribution in [2.75, 3.05) is 0 Å². The van der Waals surface area contributed by atoms with Crippen molar-refractivity contribution < 1.29 is 23.2 Å². The summed E-state index contributed by atoms with van der Waals surface area (Å²) in [6.07, 6.45) is 3.08. The molecule has 1 atom stereocenters. The van der Waals surface area contributed by atoms with Gasteiger partial charge in [-0.15, -0.1) is 0 Å². The van der Waals surface area contributed by atoms with Crippen LogP contribution in [-0.4, -0.2) is 27.2 Å². The number of rotatable bonds is 5. The zero-order valence-electron chi connectivity index (χ0n) is 13.8. The van der Waals surface area contributed by atoms with E-state index in [1.807, 2.05) is 0 Å². The smallest absolute Gasteiger partial charge is 0.387 e. The first kappa shape index (κ1) is 17.8. The number of nitrogens with one attached hydrogen (secondary N) is 1. The summed E-state index contributed by atoms with van der Waals surface area (Å²) in [6, 6.07) is 4.21. The zero-order chi connectivity index (χ0) is 18.8. The van der Waals surface area contributed by atoms with Gasteiger partial charge in [-0.05, 0) is 42.5 Å². The van der Waals surface area contributed by atoms with Gasteiger partial charge in [-0.2, -0.15) is 13.9 Å². The van der Waals surface area contributed by atoms with Crippen LogP contribution in [0, 0.1) is 10.1 Å². The highest BCUT2D eigenvalue weighted by atomic mass is 19.3. The number of benzene rings is 1. The maximum absolute atomic E-state index is 12.5. The molecule has 0 saturated carbocycles. The molecule has 0 radical (unpaired) electrons. The van der Waals surface area contributed by atoms with Crippen molar-refractivity contribution in [1.82, 2.24) is 15.1 Å². The zero-order valence-corrected chi connectivity index (χ0v) is 13.8. The minimum Gasteiger partial charge on any atom is -0.435 e. The number of fused-ring (bicyclic) bond motifs is 1. The van der Waals surface area contributed by atoms with Crippen LogP contribution in [0.15, 0.2) is 24.4 Å². The standard InChI is InChI=1S/C16H16F2N4O4/c1-21-14(13(8-19-21)22(24)25)15(23)20-12-4-2-3-9-7-10(26-16(17)18)5-6-11(9)12/h5-8,12,16H,2-4H2,1H3,(H,20,23). The van der Waals surface area contributed by atoms with Crippen LogP contribution >= 0.6 is 0 Å². The topological polar surface area (TPSA) is 99.3 Å². The minimum atomic E-state index is -2.91. The Morgan fingerprint density at radius 2 is 2.27 bits per heavy atom. The van der Waals surface area contributed by atoms with Gasteiger partial charge in [0.15, 0.2) is 0 Å². The largest absolute Gasteiger partial charge is 0.435 e. The second-order valence-electron chi connectivity index (χ2n) is 5.92. The van der Waals surface area contributed by atoms with Gasteiger partial charge in [0.2, 0.25) is 5.69 Å². The van der Waals surface area contributed by atoms with Crippen molar-refractivity contribution in [3.05, 3.63) is 51.3 Å². The summed E-state index contributed by atoms with van der Waals surface area (Å²) in [5, 5.41) is 17.6. The fraction of sp³-hybridized carbons (Fsp3) is 0.375. The number of ether oxygens (including phenoxy) is 1. The van der Waals surface area contributed by atoms with Crippen LogP contribution in [0.1, 0.15) is 40.5 Å². The number of aryl methyl sites for hydroxylation is 2. The molecule has 0 saturated heterocycles. The Morgan fingerprint density at radius 3 is 2.96 bits per heavy atom. The van der Waals surface area contributed by atoms with Gasteiger partial charge in [0, 0.05) is 7.05 Å². The van der Waals surface area contributed by atoms with E-state index >= 15 is 0 Å². The number of halogens is 2. The number of hydrogen-bond donors (Lipinski definition) is 1. The number of nitrogens with zero attached hydrogens (tertiary/aromatic N) is 3. The van der Waals surface area contributed by atoms with Crippen LogP contribution < -0.4 is 10.1 Å². The monoisotopic (exact) mass is 366 g/mol. The predicted molar refractivity (Wildman–Crippen MR) is 86.1 cm³/mol. The normalized spacial score (nSPS) is 16.2. The number of carbonyl (C=O) groups excluding carboxylic acids is 1. The molecule has 1 amide bonds. The molecule has 2 aromatic rings. The van der Waals surface area contributed by atoms with E-state index in [1.54, 1.807) is 6.07 Å². The lowest BCUT2D eigenvalue weighted by atomic mass is 9.87. The molecule has 138 valence electrons. The van der Waals surface area contributed by atoms with Gasteiger partial charge < -0.3 is 10.1 Å². The number of alkyl halides is 2. The Bertz CT molecular complexity index is 853. The molecule has 8 nitrogen and oxygen atoms in total. The maximum atomic E-state index is 12.5. The summed E-state index contributed by atoms with van der Waals surface area (Å²) in [4.78, 5) is 22.9. The van der Waals surface area contributed by atoms with Crippen molar-refractivity contribution in [3.8, 4) is 5.75 Å². The summed E-state index contributed by atoms with van der Waals surface area (Å²) in [6.45, 7) is -2.91. The van der Waals surface area contributed by atoms with Gasteiger partial charge in [-0.25, -0.2) is 0 Å². The lowest BCUT2D eigenvalue weighted by molar-refractivity contribution is -0.385. The maximum Gasteiger partial charge on any atom is 0.387 e. The number of amides is 1. The SMILES string of the molecule is Cn1ncc([N+](=O)[O-])c1C(=O)NC1CCCc2cc(OC(F)F)ccc21. The van der Waals surface area contributed by atoms with Gasteiger partial charge in [0.1, 0.15) is 11.9 Å². The van der Waals surface area contributed by atoms with E-state index in [4.69, 9.17) is 0 Å². The second kappa shape index (κ2) is 7.06. The van der Waals surface area contributed by atoms with E-state index in [9.17, 15) is 23.7 Å². The van der Waals surface area contributed by atoms with Crippen molar-refractivity contribution in [3.63, 3.8) is 0 Å². The predicted octanol–water partition coefficient (Wildman–Crippen LogP) is 2.74.